The molecule has 3 aromatic rings. The Balaban J connectivity index is 2.04. The van der Waals surface area contributed by atoms with Crippen LogP contribution < -0.4 is 5.32 Å². The van der Waals surface area contributed by atoms with Crippen LogP contribution in [0, 0.1) is 27.7 Å². The Morgan fingerprint density at radius 3 is 2.32 bits per heavy atom. The van der Waals surface area contributed by atoms with Crippen molar-refractivity contribution in [2.45, 2.75) is 33.9 Å². The van der Waals surface area contributed by atoms with Crippen LogP contribution in [-0.2, 0) is 6.18 Å². The third-order valence-corrected chi connectivity index (χ3v) is 4.98. The summed E-state index contributed by atoms with van der Waals surface area (Å²) in [5, 5.41) is 2.87. The molecular formula is C22H21F3N2O. The SMILES string of the molecule is Cc1cccc(NC(=O)c2cc(C)n(-c3ccccc3C(F)(F)F)c2C)c1C. The number of aryl methyl sites for hydroxylation is 2. The number of carbonyl (C=O) groups excluding carboxylic acids is 1. The predicted molar refractivity (Wildman–Crippen MR) is 104 cm³/mol. The highest BCUT2D eigenvalue weighted by Crippen LogP contribution is 2.35. The number of aromatic nitrogens is 1. The zero-order valence-electron chi connectivity index (χ0n) is 16.1. The molecule has 2 aromatic carbocycles. The number of hydrogen-bond donors (Lipinski definition) is 1. The summed E-state index contributed by atoms with van der Waals surface area (Å²) < 4.78 is 41.8. The van der Waals surface area contributed by atoms with Crippen molar-refractivity contribution >= 4 is 11.6 Å². The second kappa shape index (κ2) is 7.19. The predicted octanol–water partition coefficient (Wildman–Crippen LogP) is 5.98. The number of alkyl halides is 3. The first-order chi connectivity index (χ1) is 13.1. The van der Waals surface area contributed by atoms with Crippen LogP contribution in [-0.4, -0.2) is 10.5 Å². The quantitative estimate of drug-likeness (QED) is 0.590. The summed E-state index contributed by atoms with van der Waals surface area (Å²) >= 11 is 0. The normalized spacial score (nSPS) is 11.5. The van der Waals surface area contributed by atoms with Crippen LogP contribution >= 0.6 is 0 Å². The summed E-state index contributed by atoms with van der Waals surface area (Å²) in [6, 6.07) is 12.6. The number of rotatable bonds is 3. The van der Waals surface area contributed by atoms with Gasteiger partial charge in [0.1, 0.15) is 0 Å². The van der Waals surface area contributed by atoms with E-state index in [1.54, 1.807) is 32.0 Å². The molecule has 6 heteroatoms. The van der Waals surface area contributed by atoms with Gasteiger partial charge in [0.05, 0.1) is 16.8 Å². The number of benzene rings is 2. The average Bonchev–Trinajstić information content (AvgIpc) is 2.92. The molecule has 3 rings (SSSR count). The van der Waals surface area contributed by atoms with E-state index in [1.165, 1.54) is 16.7 Å². The number of anilines is 1. The van der Waals surface area contributed by atoms with Crippen LogP contribution in [0.15, 0.2) is 48.5 Å². The summed E-state index contributed by atoms with van der Waals surface area (Å²) in [4.78, 5) is 12.8. The first-order valence-corrected chi connectivity index (χ1v) is 8.84. The van der Waals surface area contributed by atoms with Gasteiger partial charge in [-0.25, -0.2) is 0 Å². The lowest BCUT2D eigenvalue weighted by Gasteiger charge is -2.17. The van der Waals surface area contributed by atoms with E-state index in [9.17, 15) is 18.0 Å². The second-order valence-electron chi connectivity index (χ2n) is 6.84. The van der Waals surface area contributed by atoms with Gasteiger partial charge in [0.25, 0.3) is 5.91 Å². The minimum Gasteiger partial charge on any atom is -0.322 e. The van der Waals surface area contributed by atoms with Gasteiger partial charge in [-0.2, -0.15) is 13.2 Å². The van der Waals surface area contributed by atoms with Gasteiger partial charge in [-0.15, -0.1) is 0 Å². The molecule has 0 aliphatic rings. The minimum absolute atomic E-state index is 0.00999. The number of halogens is 3. The number of amides is 1. The maximum atomic E-state index is 13.4. The maximum absolute atomic E-state index is 13.4. The fourth-order valence-corrected chi connectivity index (χ4v) is 3.35. The zero-order valence-corrected chi connectivity index (χ0v) is 16.1. The highest BCUT2D eigenvalue weighted by molar-refractivity contribution is 6.05. The van der Waals surface area contributed by atoms with Crippen molar-refractivity contribution in [3.05, 3.63) is 82.2 Å². The van der Waals surface area contributed by atoms with Gasteiger partial charge in [-0.1, -0.05) is 24.3 Å². The molecule has 0 saturated carbocycles. The van der Waals surface area contributed by atoms with E-state index < -0.39 is 11.7 Å². The standard InChI is InChI=1S/C22H21F3N2O/c1-13-8-7-10-19(15(13)3)26-21(28)17-12-14(2)27(16(17)4)20-11-6-5-9-18(20)22(23,24)25/h5-12H,1-4H3,(H,26,28). The molecule has 0 unspecified atom stereocenters. The van der Waals surface area contributed by atoms with Gasteiger partial charge in [-0.3, -0.25) is 4.79 Å². The highest BCUT2D eigenvalue weighted by atomic mass is 19.4. The fourth-order valence-electron chi connectivity index (χ4n) is 3.35. The third-order valence-electron chi connectivity index (χ3n) is 4.98. The fraction of sp³-hybridized carbons (Fsp3) is 0.227. The van der Waals surface area contributed by atoms with Crippen LogP contribution in [0.1, 0.15) is 38.4 Å². The summed E-state index contributed by atoms with van der Waals surface area (Å²) in [6.45, 7) is 7.20. The van der Waals surface area contributed by atoms with Crippen LogP contribution in [0.4, 0.5) is 18.9 Å². The number of para-hydroxylation sites is 1. The summed E-state index contributed by atoms with van der Waals surface area (Å²) in [5.74, 6) is -0.350. The minimum atomic E-state index is -4.49. The van der Waals surface area contributed by atoms with Crippen LogP contribution in [0.3, 0.4) is 0 Å². The van der Waals surface area contributed by atoms with Gasteiger partial charge >= 0.3 is 6.18 Å². The molecule has 0 aliphatic carbocycles. The van der Waals surface area contributed by atoms with Gasteiger partial charge in [0, 0.05) is 17.1 Å². The first-order valence-electron chi connectivity index (χ1n) is 8.84. The maximum Gasteiger partial charge on any atom is 0.418 e. The first kappa shape index (κ1) is 19.7. The Bertz CT molecular complexity index is 1050. The molecule has 146 valence electrons. The highest BCUT2D eigenvalue weighted by Gasteiger charge is 2.34. The second-order valence-corrected chi connectivity index (χ2v) is 6.84. The van der Waals surface area contributed by atoms with Gasteiger partial charge < -0.3 is 9.88 Å². The molecule has 28 heavy (non-hydrogen) atoms. The third kappa shape index (κ3) is 3.54. The summed E-state index contributed by atoms with van der Waals surface area (Å²) in [7, 11) is 0. The summed E-state index contributed by atoms with van der Waals surface area (Å²) in [6.07, 6.45) is -4.49. The molecule has 0 saturated heterocycles. The van der Waals surface area contributed by atoms with Crippen molar-refractivity contribution in [1.82, 2.24) is 4.57 Å². The molecule has 0 atom stereocenters. The van der Waals surface area contributed by atoms with E-state index in [2.05, 4.69) is 5.32 Å². The van der Waals surface area contributed by atoms with E-state index in [0.29, 0.717) is 22.6 Å². The molecule has 1 N–H and O–H groups in total. The Hall–Kier alpha value is -3.02. The Kier molecular flexibility index (Phi) is 5.06. The molecule has 0 spiro atoms. The van der Waals surface area contributed by atoms with Crippen LogP contribution in [0.5, 0.6) is 0 Å². The number of hydrogen-bond acceptors (Lipinski definition) is 1. The van der Waals surface area contributed by atoms with Crippen molar-refractivity contribution in [1.29, 1.82) is 0 Å². The van der Waals surface area contributed by atoms with Crippen molar-refractivity contribution in [2.24, 2.45) is 0 Å². The van der Waals surface area contributed by atoms with Gasteiger partial charge in [0.2, 0.25) is 0 Å². The van der Waals surface area contributed by atoms with E-state index in [-0.39, 0.29) is 11.6 Å². The van der Waals surface area contributed by atoms with Crippen molar-refractivity contribution in [2.75, 3.05) is 5.32 Å². The number of nitrogens with one attached hydrogen (secondary N) is 1. The number of carbonyl (C=O) groups is 1. The van der Waals surface area contributed by atoms with Crippen LogP contribution in [0.25, 0.3) is 5.69 Å². The molecule has 0 radical (unpaired) electrons. The topological polar surface area (TPSA) is 34.0 Å². The molecule has 0 aliphatic heterocycles. The van der Waals surface area contributed by atoms with Gasteiger partial charge in [0.15, 0.2) is 0 Å². The molecule has 1 aromatic heterocycles. The van der Waals surface area contributed by atoms with E-state index in [4.69, 9.17) is 0 Å². The van der Waals surface area contributed by atoms with Gasteiger partial charge in [-0.05, 0) is 63.1 Å². The lowest BCUT2D eigenvalue weighted by molar-refractivity contribution is -0.137. The van der Waals surface area contributed by atoms with E-state index in [0.717, 1.165) is 17.2 Å². The Morgan fingerprint density at radius 1 is 0.964 bits per heavy atom. The van der Waals surface area contributed by atoms with E-state index >= 15 is 0 Å². The molecule has 3 nitrogen and oxygen atoms in total. The lowest BCUT2D eigenvalue weighted by atomic mass is 10.1. The molecular weight excluding hydrogens is 365 g/mol. The Labute approximate surface area is 161 Å². The average molecular weight is 386 g/mol. The summed E-state index contributed by atoms with van der Waals surface area (Å²) in [5.41, 5.74) is 3.31. The monoisotopic (exact) mass is 386 g/mol. The lowest BCUT2D eigenvalue weighted by Crippen LogP contribution is -2.15. The Morgan fingerprint density at radius 2 is 1.64 bits per heavy atom. The molecule has 0 bridgehead atoms. The van der Waals surface area contributed by atoms with Crippen LogP contribution in [0.2, 0.25) is 0 Å². The van der Waals surface area contributed by atoms with Crippen molar-refractivity contribution < 1.29 is 18.0 Å². The van der Waals surface area contributed by atoms with Crippen molar-refractivity contribution in [3.8, 4) is 5.69 Å². The van der Waals surface area contributed by atoms with E-state index in [1.807, 2.05) is 26.0 Å². The zero-order chi connectivity index (χ0) is 20.6. The molecule has 1 amide bonds. The van der Waals surface area contributed by atoms with Crippen molar-refractivity contribution in [3.63, 3.8) is 0 Å². The molecule has 1 heterocycles. The largest absolute Gasteiger partial charge is 0.418 e. The number of nitrogens with zero attached hydrogens (tertiary/aromatic N) is 1. The smallest absolute Gasteiger partial charge is 0.322 e. The molecule has 0 fully saturated rings.